The van der Waals surface area contributed by atoms with Crippen molar-refractivity contribution in [2.75, 3.05) is 24.7 Å². The van der Waals surface area contributed by atoms with Gasteiger partial charge in [-0.15, -0.1) is 0 Å². The Morgan fingerprint density at radius 2 is 2.20 bits per heavy atom. The highest BCUT2D eigenvalue weighted by atomic mass is 35.5. The maximum Gasteiger partial charge on any atom is 0.0438 e. The number of aliphatic hydroxyl groups is 1. The summed E-state index contributed by atoms with van der Waals surface area (Å²) in [4.78, 5) is 0. The number of nitrogens with one attached hydrogen (secondary N) is 1. The zero-order valence-electron chi connectivity index (χ0n) is 12.3. The van der Waals surface area contributed by atoms with Crippen LogP contribution >= 0.6 is 23.4 Å². The number of hydrogen-bond acceptors (Lipinski definition) is 3. The number of hydrogen-bond donors (Lipinski definition) is 2. The molecule has 0 aromatic heterocycles. The third-order valence-corrected chi connectivity index (χ3v) is 5.19. The molecule has 2 N–H and O–H groups in total. The van der Waals surface area contributed by atoms with Gasteiger partial charge in [-0.1, -0.05) is 31.5 Å². The molecule has 0 saturated carbocycles. The molecule has 4 heteroatoms. The van der Waals surface area contributed by atoms with E-state index >= 15 is 0 Å². The summed E-state index contributed by atoms with van der Waals surface area (Å²) in [6.45, 7) is 5.92. The van der Waals surface area contributed by atoms with E-state index in [4.69, 9.17) is 16.7 Å². The average molecular weight is 314 g/mol. The molecular weight excluding hydrogens is 290 g/mol. The van der Waals surface area contributed by atoms with Crippen LogP contribution in [0.25, 0.3) is 0 Å². The molecule has 0 amide bonds. The summed E-state index contributed by atoms with van der Waals surface area (Å²) in [6.07, 6.45) is 1.99. The van der Waals surface area contributed by atoms with Crippen molar-refractivity contribution in [2.24, 2.45) is 5.41 Å². The van der Waals surface area contributed by atoms with Crippen LogP contribution in [0.3, 0.4) is 0 Å². The second kappa shape index (κ2) is 7.17. The molecule has 1 aromatic rings. The first-order chi connectivity index (χ1) is 9.54. The minimum absolute atomic E-state index is 0.239. The molecule has 0 spiro atoms. The van der Waals surface area contributed by atoms with Crippen molar-refractivity contribution in [1.82, 2.24) is 5.32 Å². The summed E-state index contributed by atoms with van der Waals surface area (Å²) >= 11 is 8.04. The molecule has 0 heterocycles. The third kappa shape index (κ3) is 3.91. The molecule has 1 aliphatic carbocycles. The van der Waals surface area contributed by atoms with Crippen molar-refractivity contribution in [2.45, 2.75) is 32.7 Å². The smallest absolute Gasteiger partial charge is 0.0438 e. The first kappa shape index (κ1) is 16.2. The number of thioether (sulfide) groups is 1. The molecule has 2 nitrogen and oxygen atoms in total. The van der Waals surface area contributed by atoms with Crippen LogP contribution in [0.1, 0.15) is 37.4 Å². The van der Waals surface area contributed by atoms with E-state index in [-0.39, 0.29) is 5.41 Å². The fraction of sp³-hybridized carbons (Fsp3) is 0.625. The Kier molecular flexibility index (Phi) is 5.79. The molecule has 0 radical (unpaired) electrons. The van der Waals surface area contributed by atoms with Crippen LogP contribution in [0.15, 0.2) is 18.2 Å². The van der Waals surface area contributed by atoms with Crippen LogP contribution in [0.2, 0.25) is 5.02 Å². The standard InChI is InChI=1S/C16H24ClNOS/c1-16(2)11-12-4-5-13(17)10-14(12)15(16)18-6-9-20-8-3-7-19/h4-5,10,15,18-19H,3,6-9,11H2,1-2H3. The number of benzene rings is 1. The summed E-state index contributed by atoms with van der Waals surface area (Å²) in [5, 5.41) is 13.3. The molecule has 0 bridgehead atoms. The van der Waals surface area contributed by atoms with Crippen LogP contribution in [0, 0.1) is 5.41 Å². The Labute approximate surface area is 131 Å². The third-order valence-electron chi connectivity index (χ3n) is 3.89. The van der Waals surface area contributed by atoms with Gasteiger partial charge < -0.3 is 10.4 Å². The minimum Gasteiger partial charge on any atom is -0.396 e. The van der Waals surface area contributed by atoms with Crippen molar-refractivity contribution < 1.29 is 5.11 Å². The molecule has 1 aliphatic rings. The molecule has 0 saturated heterocycles. The molecule has 1 atom stereocenters. The Balaban J connectivity index is 1.91. The van der Waals surface area contributed by atoms with Crippen LogP contribution in [-0.2, 0) is 6.42 Å². The predicted molar refractivity (Wildman–Crippen MR) is 88.7 cm³/mol. The zero-order chi connectivity index (χ0) is 14.6. The zero-order valence-corrected chi connectivity index (χ0v) is 13.9. The van der Waals surface area contributed by atoms with E-state index in [0.717, 1.165) is 35.9 Å². The van der Waals surface area contributed by atoms with Gasteiger partial charge in [0.15, 0.2) is 0 Å². The minimum atomic E-state index is 0.239. The van der Waals surface area contributed by atoms with E-state index in [2.05, 4.69) is 31.3 Å². The molecule has 2 rings (SSSR count). The van der Waals surface area contributed by atoms with Crippen LogP contribution in [-0.4, -0.2) is 29.8 Å². The quantitative estimate of drug-likeness (QED) is 0.753. The van der Waals surface area contributed by atoms with Crippen LogP contribution in [0.5, 0.6) is 0 Å². The number of fused-ring (bicyclic) bond motifs is 1. The van der Waals surface area contributed by atoms with Gasteiger partial charge in [-0.3, -0.25) is 0 Å². The lowest BCUT2D eigenvalue weighted by Crippen LogP contribution is -2.32. The largest absolute Gasteiger partial charge is 0.396 e. The normalized spacial score (nSPS) is 20.1. The van der Waals surface area contributed by atoms with E-state index in [1.807, 2.05) is 17.8 Å². The Bertz CT molecular complexity index is 450. The highest BCUT2D eigenvalue weighted by Gasteiger charge is 2.38. The average Bonchev–Trinajstić information content (AvgIpc) is 2.64. The second-order valence-corrected chi connectivity index (χ2v) is 7.75. The van der Waals surface area contributed by atoms with Crippen molar-refractivity contribution in [3.8, 4) is 0 Å². The monoisotopic (exact) mass is 313 g/mol. The maximum atomic E-state index is 8.76. The van der Waals surface area contributed by atoms with Gasteiger partial charge in [0, 0.05) is 30.0 Å². The van der Waals surface area contributed by atoms with Gasteiger partial charge in [-0.25, -0.2) is 0 Å². The summed E-state index contributed by atoms with van der Waals surface area (Å²) in [7, 11) is 0. The van der Waals surface area contributed by atoms with Gasteiger partial charge in [0.25, 0.3) is 0 Å². The van der Waals surface area contributed by atoms with E-state index in [0.29, 0.717) is 12.6 Å². The molecule has 0 fully saturated rings. The molecule has 0 aliphatic heterocycles. The van der Waals surface area contributed by atoms with Gasteiger partial charge in [-0.2, -0.15) is 11.8 Å². The summed E-state index contributed by atoms with van der Waals surface area (Å²) < 4.78 is 0. The Morgan fingerprint density at radius 1 is 1.40 bits per heavy atom. The van der Waals surface area contributed by atoms with E-state index in [9.17, 15) is 0 Å². The summed E-state index contributed by atoms with van der Waals surface area (Å²) in [5.74, 6) is 2.12. The summed E-state index contributed by atoms with van der Waals surface area (Å²) in [6, 6.07) is 6.65. The first-order valence-electron chi connectivity index (χ1n) is 7.25. The maximum absolute atomic E-state index is 8.76. The van der Waals surface area contributed by atoms with Gasteiger partial charge >= 0.3 is 0 Å². The van der Waals surface area contributed by atoms with Gasteiger partial charge in [0.2, 0.25) is 0 Å². The van der Waals surface area contributed by atoms with Crippen molar-refractivity contribution >= 4 is 23.4 Å². The molecule has 20 heavy (non-hydrogen) atoms. The molecule has 112 valence electrons. The molecule has 1 aromatic carbocycles. The van der Waals surface area contributed by atoms with Crippen molar-refractivity contribution in [3.63, 3.8) is 0 Å². The lowest BCUT2D eigenvalue weighted by molar-refractivity contribution is 0.274. The highest BCUT2D eigenvalue weighted by Crippen LogP contribution is 2.45. The fourth-order valence-electron chi connectivity index (χ4n) is 2.94. The number of halogens is 1. The first-order valence-corrected chi connectivity index (χ1v) is 8.78. The summed E-state index contributed by atoms with van der Waals surface area (Å²) in [5.41, 5.74) is 3.02. The van der Waals surface area contributed by atoms with Crippen LogP contribution in [0.4, 0.5) is 0 Å². The SMILES string of the molecule is CC1(C)Cc2ccc(Cl)cc2C1NCCSCCCO. The van der Waals surface area contributed by atoms with Crippen LogP contribution < -0.4 is 5.32 Å². The number of aliphatic hydroxyl groups excluding tert-OH is 1. The second-order valence-electron chi connectivity index (χ2n) is 6.09. The molecule has 1 unspecified atom stereocenters. The Hall–Kier alpha value is -0.220. The van der Waals surface area contributed by atoms with Gasteiger partial charge in [0.1, 0.15) is 0 Å². The van der Waals surface area contributed by atoms with Gasteiger partial charge in [0.05, 0.1) is 0 Å². The lowest BCUT2D eigenvalue weighted by atomic mass is 9.85. The highest BCUT2D eigenvalue weighted by molar-refractivity contribution is 7.99. The predicted octanol–water partition coefficient (Wildman–Crippen LogP) is 3.67. The van der Waals surface area contributed by atoms with Crippen molar-refractivity contribution in [3.05, 3.63) is 34.3 Å². The van der Waals surface area contributed by atoms with Gasteiger partial charge in [-0.05, 0) is 47.3 Å². The fourth-order valence-corrected chi connectivity index (χ4v) is 3.92. The molecular formula is C16H24ClNOS. The van der Waals surface area contributed by atoms with E-state index in [1.54, 1.807) is 0 Å². The van der Waals surface area contributed by atoms with Crippen molar-refractivity contribution in [1.29, 1.82) is 0 Å². The number of rotatable bonds is 7. The van der Waals surface area contributed by atoms with E-state index < -0.39 is 0 Å². The van der Waals surface area contributed by atoms with E-state index in [1.165, 1.54) is 11.1 Å². The lowest BCUT2D eigenvalue weighted by Gasteiger charge is -2.28. The topological polar surface area (TPSA) is 32.3 Å². The Morgan fingerprint density at radius 3 is 2.95 bits per heavy atom.